The normalized spacial score (nSPS) is 12.4. The highest BCUT2D eigenvalue weighted by molar-refractivity contribution is 7.78. The second-order valence-corrected chi connectivity index (χ2v) is 4.67. The Kier molecular flexibility index (Phi) is 6.52. The molecule has 0 saturated heterocycles. The van der Waals surface area contributed by atoms with Crippen LogP contribution in [-0.2, 0) is 11.0 Å². The van der Waals surface area contributed by atoms with E-state index in [0.717, 1.165) is 12.1 Å². The number of rotatable bonds is 6. The van der Waals surface area contributed by atoms with Crippen LogP contribution in [-0.4, -0.2) is 17.6 Å². The highest BCUT2D eigenvalue weighted by Gasteiger charge is 2.30. The van der Waals surface area contributed by atoms with Crippen molar-refractivity contribution in [3.05, 3.63) is 35.4 Å². The van der Waals surface area contributed by atoms with Crippen molar-refractivity contribution in [2.24, 2.45) is 4.99 Å². The molecule has 7 heteroatoms. The second kappa shape index (κ2) is 7.90. The fraction of sp³-hybridized carbons (Fsp3) is 0.429. The first kappa shape index (κ1) is 17.3. The molecule has 21 heavy (non-hydrogen) atoms. The van der Waals surface area contributed by atoms with Gasteiger partial charge in [-0.05, 0) is 42.8 Å². The van der Waals surface area contributed by atoms with Gasteiger partial charge in [0.05, 0.1) is 16.8 Å². The fourth-order valence-electron chi connectivity index (χ4n) is 1.85. The molecule has 1 atom stereocenters. The van der Waals surface area contributed by atoms with Crippen molar-refractivity contribution >= 4 is 23.3 Å². The summed E-state index contributed by atoms with van der Waals surface area (Å²) in [7, 11) is 0. The van der Waals surface area contributed by atoms with Crippen LogP contribution >= 0.6 is 12.2 Å². The van der Waals surface area contributed by atoms with Crippen molar-refractivity contribution < 1.29 is 18.0 Å². The molecule has 1 amide bonds. The van der Waals surface area contributed by atoms with Gasteiger partial charge in [-0.3, -0.25) is 4.79 Å². The SMILES string of the molecule is CC(=O)NCCCC(N=C=S)c1cccc(C(F)(F)F)c1. The van der Waals surface area contributed by atoms with Crippen LogP contribution in [0.25, 0.3) is 0 Å². The molecule has 0 radical (unpaired) electrons. The Morgan fingerprint density at radius 2 is 2.19 bits per heavy atom. The second-order valence-electron chi connectivity index (χ2n) is 4.48. The molecule has 0 aromatic heterocycles. The number of thiocarbonyl (C=S) groups is 1. The third-order valence-electron chi connectivity index (χ3n) is 2.84. The average Bonchev–Trinajstić information content (AvgIpc) is 2.41. The molecule has 1 aromatic carbocycles. The van der Waals surface area contributed by atoms with E-state index in [9.17, 15) is 18.0 Å². The van der Waals surface area contributed by atoms with Crippen LogP contribution in [0.2, 0.25) is 0 Å². The highest BCUT2D eigenvalue weighted by atomic mass is 32.1. The van der Waals surface area contributed by atoms with E-state index in [2.05, 4.69) is 27.7 Å². The summed E-state index contributed by atoms with van der Waals surface area (Å²) in [4.78, 5) is 14.7. The summed E-state index contributed by atoms with van der Waals surface area (Å²) in [5.41, 5.74) is -0.281. The number of alkyl halides is 3. The summed E-state index contributed by atoms with van der Waals surface area (Å²) < 4.78 is 38.1. The van der Waals surface area contributed by atoms with Gasteiger partial charge in [-0.2, -0.15) is 13.2 Å². The van der Waals surface area contributed by atoms with Crippen LogP contribution in [0.5, 0.6) is 0 Å². The lowest BCUT2D eigenvalue weighted by atomic mass is 10.00. The summed E-state index contributed by atoms with van der Waals surface area (Å²) in [6.07, 6.45) is -3.33. The number of aliphatic imine (C=N–C) groups is 1. The van der Waals surface area contributed by atoms with Gasteiger partial charge in [-0.15, -0.1) is 0 Å². The first-order valence-electron chi connectivity index (χ1n) is 6.33. The molecule has 0 heterocycles. The minimum absolute atomic E-state index is 0.149. The van der Waals surface area contributed by atoms with Gasteiger partial charge < -0.3 is 5.32 Å². The molecule has 0 fully saturated rings. The number of nitrogens with zero attached hydrogens (tertiary/aromatic N) is 1. The van der Waals surface area contributed by atoms with Crippen LogP contribution in [0.1, 0.15) is 36.9 Å². The molecular weight excluding hydrogens is 301 g/mol. The van der Waals surface area contributed by atoms with Crippen molar-refractivity contribution in [3.8, 4) is 0 Å². The van der Waals surface area contributed by atoms with Crippen LogP contribution in [0.4, 0.5) is 13.2 Å². The van der Waals surface area contributed by atoms with E-state index in [1.807, 2.05) is 0 Å². The molecule has 0 bridgehead atoms. The lowest BCUT2D eigenvalue weighted by Crippen LogP contribution is -2.21. The quantitative estimate of drug-likeness (QED) is 0.493. The number of halogens is 3. The lowest BCUT2D eigenvalue weighted by Gasteiger charge is -2.14. The number of isothiocyanates is 1. The van der Waals surface area contributed by atoms with Crippen molar-refractivity contribution in [1.29, 1.82) is 0 Å². The Labute approximate surface area is 126 Å². The number of carbonyl (C=O) groups is 1. The largest absolute Gasteiger partial charge is 0.416 e. The molecule has 0 aliphatic heterocycles. The Morgan fingerprint density at radius 3 is 2.76 bits per heavy atom. The Hall–Kier alpha value is -1.72. The zero-order valence-electron chi connectivity index (χ0n) is 11.4. The van der Waals surface area contributed by atoms with E-state index in [0.29, 0.717) is 24.9 Å². The minimum atomic E-state index is -4.39. The first-order valence-corrected chi connectivity index (χ1v) is 6.74. The molecular formula is C14H15F3N2OS. The number of nitrogens with one attached hydrogen (secondary N) is 1. The van der Waals surface area contributed by atoms with Gasteiger partial charge >= 0.3 is 6.18 Å². The molecule has 0 spiro atoms. The van der Waals surface area contributed by atoms with Crippen LogP contribution < -0.4 is 5.32 Å². The maximum absolute atomic E-state index is 12.7. The van der Waals surface area contributed by atoms with Crippen molar-refractivity contribution in [2.45, 2.75) is 32.0 Å². The van der Waals surface area contributed by atoms with E-state index in [1.165, 1.54) is 13.0 Å². The molecule has 0 aliphatic rings. The lowest BCUT2D eigenvalue weighted by molar-refractivity contribution is -0.137. The van der Waals surface area contributed by atoms with Crippen molar-refractivity contribution in [2.75, 3.05) is 6.54 Å². The van der Waals surface area contributed by atoms with Gasteiger partial charge in [0.25, 0.3) is 0 Å². The van der Waals surface area contributed by atoms with Gasteiger partial charge in [-0.1, -0.05) is 12.1 Å². The molecule has 1 unspecified atom stereocenters. The molecule has 114 valence electrons. The standard InChI is InChI=1S/C14H15F3N2OS/c1-10(20)18-7-3-6-13(19-9-21)11-4-2-5-12(8-11)14(15,16)17/h2,4-5,8,13H,3,6-7H2,1H3,(H,18,20). The van der Waals surface area contributed by atoms with E-state index in [4.69, 9.17) is 0 Å². The summed E-state index contributed by atoms with van der Waals surface area (Å²) in [6.45, 7) is 1.84. The molecule has 0 saturated carbocycles. The number of carbonyl (C=O) groups excluding carboxylic acids is 1. The topological polar surface area (TPSA) is 41.5 Å². The number of benzene rings is 1. The Bertz CT molecular complexity index is 539. The number of hydrogen-bond acceptors (Lipinski definition) is 3. The van der Waals surface area contributed by atoms with Crippen LogP contribution in [0.15, 0.2) is 29.3 Å². The monoisotopic (exact) mass is 316 g/mol. The molecule has 3 nitrogen and oxygen atoms in total. The van der Waals surface area contributed by atoms with Crippen molar-refractivity contribution in [3.63, 3.8) is 0 Å². The third-order valence-corrected chi connectivity index (χ3v) is 2.94. The predicted octanol–water partition coefficient (Wildman–Crippen LogP) is 3.77. The summed E-state index contributed by atoms with van der Waals surface area (Å²) in [5.74, 6) is -0.149. The number of amides is 1. The molecule has 0 aliphatic carbocycles. The van der Waals surface area contributed by atoms with Gasteiger partial charge in [0.1, 0.15) is 0 Å². The summed E-state index contributed by atoms with van der Waals surface area (Å²) in [5, 5.41) is 4.84. The first-order chi connectivity index (χ1) is 9.84. The van der Waals surface area contributed by atoms with E-state index in [-0.39, 0.29) is 5.91 Å². The molecule has 1 N–H and O–H groups in total. The van der Waals surface area contributed by atoms with Gasteiger partial charge in [0.2, 0.25) is 5.91 Å². The fourth-order valence-corrected chi connectivity index (χ4v) is 1.98. The third kappa shape index (κ3) is 6.06. The maximum atomic E-state index is 12.7. The zero-order valence-corrected chi connectivity index (χ0v) is 12.2. The van der Waals surface area contributed by atoms with E-state index < -0.39 is 17.8 Å². The average molecular weight is 316 g/mol. The number of hydrogen-bond donors (Lipinski definition) is 1. The van der Waals surface area contributed by atoms with Gasteiger partial charge in [-0.25, -0.2) is 4.99 Å². The Morgan fingerprint density at radius 1 is 1.48 bits per heavy atom. The van der Waals surface area contributed by atoms with E-state index >= 15 is 0 Å². The molecule has 1 rings (SSSR count). The smallest absolute Gasteiger partial charge is 0.356 e. The summed E-state index contributed by atoms with van der Waals surface area (Å²) >= 11 is 4.55. The Balaban J connectivity index is 2.81. The van der Waals surface area contributed by atoms with Crippen LogP contribution in [0, 0.1) is 0 Å². The zero-order chi connectivity index (χ0) is 15.9. The molecule has 1 aromatic rings. The van der Waals surface area contributed by atoms with Gasteiger partial charge in [0, 0.05) is 13.5 Å². The van der Waals surface area contributed by atoms with Crippen molar-refractivity contribution in [1.82, 2.24) is 5.32 Å². The highest BCUT2D eigenvalue weighted by Crippen LogP contribution is 2.32. The maximum Gasteiger partial charge on any atom is 0.416 e. The summed E-state index contributed by atoms with van der Waals surface area (Å²) in [6, 6.07) is 4.52. The predicted molar refractivity (Wildman–Crippen MR) is 77.1 cm³/mol. The van der Waals surface area contributed by atoms with Crippen LogP contribution in [0.3, 0.4) is 0 Å². The minimum Gasteiger partial charge on any atom is -0.356 e. The van der Waals surface area contributed by atoms with E-state index in [1.54, 1.807) is 6.07 Å². The van der Waals surface area contributed by atoms with Gasteiger partial charge in [0.15, 0.2) is 0 Å².